The minimum absolute atomic E-state index is 0.0589. The summed E-state index contributed by atoms with van der Waals surface area (Å²) in [5.74, 6) is 0. The number of aliphatic hydroxyl groups excluding tert-OH is 1. The average Bonchev–Trinajstić information content (AvgIpc) is 2.20. The van der Waals surface area contributed by atoms with Crippen LogP contribution in [0.4, 0.5) is 13.2 Å². The molecular formula is C12H14BrF3O. The third kappa shape index (κ3) is 4.68. The van der Waals surface area contributed by atoms with Crippen LogP contribution in [-0.2, 0) is 0 Å². The Morgan fingerprint density at radius 3 is 2.59 bits per heavy atom. The Morgan fingerprint density at radius 1 is 1.35 bits per heavy atom. The van der Waals surface area contributed by atoms with Crippen LogP contribution in [0.15, 0.2) is 22.7 Å². The van der Waals surface area contributed by atoms with E-state index in [1.165, 1.54) is 0 Å². The van der Waals surface area contributed by atoms with E-state index in [4.69, 9.17) is 0 Å². The first-order valence-electron chi connectivity index (χ1n) is 5.31. The molecule has 0 aliphatic carbocycles. The number of halogens is 4. The van der Waals surface area contributed by atoms with Crippen LogP contribution in [-0.4, -0.2) is 11.3 Å². The van der Waals surface area contributed by atoms with Crippen molar-refractivity contribution in [3.05, 3.63) is 33.8 Å². The molecule has 0 aromatic heterocycles. The first-order chi connectivity index (χ1) is 7.81. The Balaban J connectivity index is 2.58. The molecular weight excluding hydrogens is 297 g/mol. The maximum absolute atomic E-state index is 12.0. The molecule has 0 fully saturated rings. The van der Waals surface area contributed by atoms with Crippen molar-refractivity contribution in [3.63, 3.8) is 0 Å². The van der Waals surface area contributed by atoms with Crippen LogP contribution in [0.2, 0.25) is 0 Å². The van der Waals surface area contributed by atoms with Crippen molar-refractivity contribution in [2.24, 2.45) is 0 Å². The van der Waals surface area contributed by atoms with Crippen molar-refractivity contribution in [2.75, 3.05) is 0 Å². The highest BCUT2D eigenvalue weighted by atomic mass is 79.9. The molecule has 1 rings (SSSR count). The molecule has 17 heavy (non-hydrogen) atoms. The lowest BCUT2D eigenvalue weighted by Gasteiger charge is -2.15. The molecule has 1 aromatic carbocycles. The highest BCUT2D eigenvalue weighted by Gasteiger charge is 2.26. The Bertz CT molecular complexity index is 377. The van der Waals surface area contributed by atoms with Crippen LogP contribution < -0.4 is 0 Å². The van der Waals surface area contributed by atoms with Gasteiger partial charge in [0.2, 0.25) is 0 Å². The van der Waals surface area contributed by atoms with Crippen molar-refractivity contribution >= 4 is 15.9 Å². The summed E-state index contributed by atoms with van der Waals surface area (Å²) in [6.07, 6.45) is -5.77. The van der Waals surface area contributed by atoms with Gasteiger partial charge in [0.1, 0.15) is 0 Å². The fraction of sp³-hybridized carbons (Fsp3) is 0.500. The lowest BCUT2D eigenvalue weighted by Crippen LogP contribution is -2.08. The molecule has 0 radical (unpaired) electrons. The van der Waals surface area contributed by atoms with Gasteiger partial charge in [0.25, 0.3) is 0 Å². The quantitative estimate of drug-likeness (QED) is 0.866. The summed E-state index contributed by atoms with van der Waals surface area (Å²) in [6.45, 7) is 1.83. The molecule has 0 aliphatic heterocycles. The summed E-state index contributed by atoms with van der Waals surface area (Å²) in [6, 6.07) is 5.33. The van der Waals surface area contributed by atoms with Crippen molar-refractivity contribution < 1.29 is 18.3 Å². The van der Waals surface area contributed by atoms with Gasteiger partial charge in [-0.1, -0.05) is 28.1 Å². The molecule has 1 aromatic rings. The first kappa shape index (κ1) is 14.5. The predicted octanol–water partition coefficient (Wildman–Crippen LogP) is 4.52. The molecule has 1 atom stereocenters. The zero-order valence-electron chi connectivity index (χ0n) is 9.39. The number of rotatable bonds is 4. The summed E-state index contributed by atoms with van der Waals surface area (Å²) in [5.41, 5.74) is 1.55. The van der Waals surface area contributed by atoms with Gasteiger partial charge in [-0.2, -0.15) is 13.2 Å². The standard InChI is InChI=1S/C12H14BrF3O/c1-8-9(4-2-5-10(8)13)11(17)6-3-7-12(14,15)16/h2,4-5,11,17H,3,6-7H2,1H3. The maximum atomic E-state index is 12.0. The lowest BCUT2D eigenvalue weighted by molar-refractivity contribution is -0.136. The van der Waals surface area contributed by atoms with Crippen LogP contribution in [0.25, 0.3) is 0 Å². The van der Waals surface area contributed by atoms with Gasteiger partial charge < -0.3 is 5.11 Å². The van der Waals surface area contributed by atoms with E-state index in [1.54, 1.807) is 12.1 Å². The van der Waals surface area contributed by atoms with Crippen LogP contribution in [0.3, 0.4) is 0 Å². The largest absolute Gasteiger partial charge is 0.389 e. The zero-order chi connectivity index (χ0) is 13.1. The summed E-state index contributed by atoms with van der Waals surface area (Å²) >= 11 is 3.32. The molecule has 0 bridgehead atoms. The summed E-state index contributed by atoms with van der Waals surface area (Å²) in [7, 11) is 0. The number of hydrogen-bond donors (Lipinski definition) is 1. The van der Waals surface area contributed by atoms with E-state index in [2.05, 4.69) is 15.9 Å². The number of aliphatic hydroxyl groups is 1. The molecule has 1 N–H and O–H groups in total. The zero-order valence-corrected chi connectivity index (χ0v) is 11.0. The normalized spacial score (nSPS) is 13.8. The smallest absolute Gasteiger partial charge is 0.388 e. The van der Waals surface area contributed by atoms with E-state index in [0.717, 1.165) is 10.0 Å². The van der Waals surface area contributed by atoms with E-state index < -0.39 is 18.7 Å². The van der Waals surface area contributed by atoms with Gasteiger partial charge in [-0.25, -0.2) is 0 Å². The summed E-state index contributed by atoms with van der Waals surface area (Å²) in [4.78, 5) is 0. The van der Waals surface area contributed by atoms with E-state index >= 15 is 0 Å². The van der Waals surface area contributed by atoms with E-state index in [0.29, 0.717) is 5.56 Å². The second-order valence-electron chi connectivity index (χ2n) is 3.98. The average molecular weight is 311 g/mol. The van der Waals surface area contributed by atoms with E-state index in [1.807, 2.05) is 13.0 Å². The molecule has 0 spiro atoms. The number of alkyl halides is 3. The molecule has 0 aliphatic rings. The van der Waals surface area contributed by atoms with E-state index in [9.17, 15) is 18.3 Å². The Kier molecular flexibility index (Phi) is 5.01. The van der Waals surface area contributed by atoms with Gasteiger partial charge in [0.05, 0.1) is 6.10 Å². The number of benzene rings is 1. The minimum atomic E-state index is -4.15. The lowest BCUT2D eigenvalue weighted by atomic mass is 9.99. The van der Waals surface area contributed by atoms with Gasteiger partial charge in [0.15, 0.2) is 0 Å². The first-order valence-corrected chi connectivity index (χ1v) is 6.10. The maximum Gasteiger partial charge on any atom is 0.389 e. The molecule has 0 amide bonds. The van der Waals surface area contributed by atoms with Gasteiger partial charge in [0, 0.05) is 10.9 Å². The van der Waals surface area contributed by atoms with Crippen LogP contribution in [0.1, 0.15) is 36.5 Å². The molecule has 96 valence electrons. The second-order valence-corrected chi connectivity index (χ2v) is 4.83. The third-order valence-corrected chi connectivity index (χ3v) is 3.47. The van der Waals surface area contributed by atoms with Crippen molar-refractivity contribution in [2.45, 2.75) is 38.5 Å². The fourth-order valence-electron chi connectivity index (χ4n) is 1.64. The van der Waals surface area contributed by atoms with Crippen molar-refractivity contribution in [3.8, 4) is 0 Å². The topological polar surface area (TPSA) is 20.2 Å². The summed E-state index contributed by atoms with van der Waals surface area (Å²) < 4.78 is 36.7. The van der Waals surface area contributed by atoms with Crippen molar-refractivity contribution in [1.29, 1.82) is 0 Å². The predicted molar refractivity (Wildman–Crippen MR) is 63.7 cm³/mol. The highest BCUT2D eigenvalue weighted by molar-refractivity contribution is 9.10. The number of hydrogen-bond acceptors (Lipinski definition) is 1. The monoisotopic (exact) mass is 310 g/mol. The van der Waals surface area contributed by atoms with Crippen LogP contribution in [0, 0.1) is 6.92 Å². The summed E-state index contributed by atoms with van der Waals surface area (Å²) in [5, 5.41) is 9.83. The molecule has 0 saturated heterocycles. The van der Waals surface area contributed by atoms with Gasteiger partial charge in [-0.15, -0.1) is 0 Å². The van der Waals surface area contributed by atoms with Crippen LogP contribution >= 0.6 is 15.9 Å². The SMILES string of the molecule is Cc1c(Br)cccc1C(O)CCCC(F)(F)F. The van der Waals surface area contributed by atoms with Crippen LogP contribution in [0.5, 0.6) is 0 Å². The molecule has 5 heteroatoms. The minimum Gasteiger partial charge on any atom is -0.388 e. The van der Waals surface area contributed by atoms with Gasteiger partial charge >= 0.3 is 6.18 Å². The van der Waals surface area contributed by atoms with Gasteiger partial charge in [-0.3, -0.25) is 0 Å². The Morgan fingerprint density at radius 2 is 2.00 bits per heavy atom. The molecule has 0 saturated carbocycles. The second kappa shape index (κ2) is 5.87. The Labute approximate surface area is 107 Å². The van der Waals surface area contributed by atoms with E-state index in [-0.39, 0.29) is 12.8 Å². The molecule has 1 nitrogen and oxygen atoms in total. The molecule has 1 unspecified atom stereocenters. The Hall–Kier alpha value is -0.550. The third-order valence-electron chi connectivity index (χ3n) is 2.61. The highest BCUT2D eigenvalue weighted by Crippen LogP contribution is 2.29. The van der Waals surface area contributed by atoms with Gasteiger partial charge in [-0.05, 0) is 37.0 Å². The molecule has 0 heterocycles. The van der Waals surface area contributed by atoms with Crippen molar-refractivity contribution in [1.82, 2.24) is 0 Å². The fourth-order valence-corrected chi connectivity index (χ4v) is 2.02.